The molecular weight excluding hydrogens is 593 g/mol. The second kappa shape index (κ2) is 12.5. The van der Waals surface area contributed by atoms with E-state index in [9.17, 15) is 14.4 Å². The van der Waals surface area contributed by atoms with Crippen LogP contribution >= 0.6 is 39.1 Å². The van der Waals surface area contributed by atoms with E-state index in [0.29, 0.717) is 31.9 Å². The minimum atomic E-state index is -0.674. The zero-order valence-corrected chi connectivity index (χ0v) is 22.5. The smallest absolute Gasteiger partial charge is 0.345 e. The van der Waals surface area contributed by atoms with Crippen LogP contribution in [0.4, 0.5) is 5.69 Å². The van der Waals surface area contributed by atoms with E-state index in [4.69, 9.17) is 27.9 Å². The number of hydrogen-bond donors (Lipinski definition) is 2. The molecule has 0 heterocycles. The molecule has 7 nitrogen and oxygen atoms in total. The van der Waals surface area contributed by atoms with E-state index in [1.54, 1.807) is 66.7 Å². The van der Waals surface area contributed by atoms with Gasteiger partial charge in [0.15, 0.2) is 0 Å². The lowest BCUT2D eigenvalue weighted by Gasteiger charge is -2.09. The van der Waals surface area contributed by atoms with E-state index in [1.165, 1.54) is 24.4 Å². The summed E-state index contributed by atoms with van der Waals surface area (Å²) in [6.07, 6.45) is 1.35. The highest BCUT2D eigenvalue weighted by Crippen LogP contribution is 2.26. The van der Waals surface area contributed by atoms with Crippen molar-refractivity contribution in [2.24, 2.45) is 5.10 Å². The van der Waals surface area contributed by atoms with Crippen molar-refractivity contribution in [2.75, 3.05) is 5.32 Å². The first-order valence-electron chi connectivity index (χ1n) is 11.1. The molecule has 0 aliphatic carbocycles. The number of esters is 1. The highest BCUT2D eigenvalue weighted by atomic mass is 79.9. The van der Waals surface area contributed by atoms with E-state index in [1.807, 2.05) is 6.07 Å². The Kier molecular flexibility index (Phi) is 8.91. The van der Waals surface area contributed by atoms with Crippen LogP contribution in [0.3, 0.4) is 0 Å². The minimum Gasteiger partial charge on any atom is -0.422 e. The summed E-state index contributed by atoms with van der Waals surface area (Å²) in [5.41, 5.74) is 4.41. The standard InChI is InChI=1S/C28H18BrCl2N3O4/c29-20-8-13-25(38-28(37)23-12-9-21(30)15-24(23)31)19(14-20)16-32-34-27(36)18-6-10-22(11-7-18)33-26(35)17-4-2-1-3-5-17/h1-16H,(H,33,35)(H,34,36)/b32-16-. The van der Waals surface area contributed by atoms with Crippen LogP contribution < -0.4 is 15.5 Å². The molecule has 4 aromatic rings. The molecule has 0 fully saturated rings. The molecule has 190 valence electrons. The van der Waals surface area contributed by atoms with E-state index >= 15 is 0 Å². The van der Waals surface area contributed by atoms with Crippen LogP contribution in [0.2, 0.25) is 10.0 Å². The fraction of sp³-hybridized carbons (Fsp3) is 0. The molecule has 0 aromatic heterocycles. The van der Waals surface area contributed by atoms with Crippen molar-refractivity contribution in [3.8, 4) is 5.75 Å². The summed E-state index contributed by atoms with van der Waals surface area (Å²) < 4.78 is 6.21. The number of rotatable bonds is 7. The first-order chi connectivity index (χ1) is 18.3. The van der Waals surface area contributed by atoms with Crippen LogP contribution in [-0.2, 0) is 0 Å². The topological polar surface area (TPSA) is 96.9 Å². The van der Waals surface area contributed by atoms with Gasteiger partial charge in [0, 0.05) is 31.9 Å². The van der Waals surface area contributed by atoms with Gasteiger partial charge in [-0.15, -0.1) is 0 Å². The number of benzene rings is 4. The molecule has 0 atom stereocenters. The van der Waals surface area contributed by atoms with E-state index in [2.05, 4.69) is 31.8 Å². The van der Waals surface area contributed by atoms with Crippen molar-refractivity contribution in [3.63, 3.8) is 0 Å². The number of nitrogens with one attached hydrogen (secondary N) is 2. The second-order valence-corrected chi connectivity index (χ2v) is 9.55. The second-order valence-electron chi connectivity index (χ2n) is 7.79. The highest BCUT2D eigenvalue weighted by Gasteiger charge is 2.15. The van der Waals surface area contributed by atoms with Gasteiger partial charge in [0.25, 0.3) is 11.8 Å². The fourth-order valence-electron chi connectivity index (χ4n) is 3.25. The van der Waals surface area contributed by atoms with Crippen LogP contribution in [0.15, 0.2) is 101 Å². The third kappa shape index (κ3) is 7.07. The third-order valence-electron chi connectivity index (χ3n) is 5.14. The van der Waals surface area contributed by atoms with Crippen molar-refractivity contribution in [3.05, 3.63) is 128 Å². The van der Waals surface area contributed by atoms with E-state index in [0.717, 1.165) is 0 Å². The third-order valence-corrected chi connectivity index (χ3v) is 6.18. The maximum absolute atomic E-state index is 12.6. The van der Waals surface area contributed by atoms with Crippen molar-refractivity contribution in [2.45, 2.75) is 0 Å². The maximum Gasteiger partial charge on any atom is 0.345 e. The van der Waals surface area contributed by atoms with Crippen molar-refractivity contribution in [1.82, 2.24) is 5.43 Å². The molecule has 38 heavy (non-hydrogen) atoms. The first-order valence-corrected chi connectivity index (χ1v) is 12.6. The number of amides is 2. The summed E-state index contributed by atoms with van der Waals surface area (Å²) in [5.74, 6) is -1.19. The van der Waals surface area contributed by atoms with Crippen molar-refractivity contribution >= 4 is 68.8 Å². The molecule has 4 rings (SSSR count). The monoisotopic (exact) mass is 609 g/mol. The number of ether oxygens (including phenoxy) is 1. The van der Waals surface area contributed by atoms with Gasteiger partial charge in [-0.1, -0.05) is 57.3 Å². The molecule has 0 saturated heterocycles. The number of carbonyl (C=O) groups is 3. The number of carbonyl (C=O) groups excluding carboxylic acids is 3. The average Bonchev–Trinajstić information content (AvgIpc) is 2.91. The number of hydrogen-bond acceptors (Lipinski definition) is 5. The number of halogens is 3. The van der Waals surface area contributed by atoms with Crippen LogP contribution in [0, 0.1) is 0 Å². The lowest BCUT2D eigenvalue weighted by Crippen LogP contribution is -2.18. The number of nitrogens with zero attached hydrogens (tertiary/aromatic N) is 1. The maximum atomic E-state index is 12.6. The molecule has 0 unspecified atom stereocenters. The molecule has 10 heteroatoms. The molecule has 2 amide bonds. The Morgan fingerprint density at radius 3 is 2.24 bits per heavy atom. The summed E-state index contributed by atoms with van der Waals surface area (Å²) in [7, 11) is 0. The molecule has 0 aliphatic rings. The predicted octanol–water partition coefficient (Wildman–Crippen LogP) is 6.99. The van der Waals surface area contributed by atoms with Crippen molar-refractivity contribution in [1.29, 1.82) is 0 Å². The summed E-state index contributed by atoms with van der Waals surface area (Å²) in [6, 6.07) is 24.6. The largest absolute Gasteiger partial charge is 0.422 e. The molecular formula is C28H18BrCl2N3O4. The van der Waals surface area contributed by atoms with Crippen LogP contribution in [0.1, 0.15) is 36.6 Å². The summed E-state index contributed by atoms with van der Waals surface area (Å²) in [4.78, 5) is 37.4. The summed E-state index contributed by atoms with van der Waals surface area (Å²) in [5, 5.41) is 7.32. The zero-order valence-electron chi connectivity index (χ0n) is 19.5. The minimum absolute atomic E-state index is 0.151. The Bertz CT molecular complexity index is 1530. The average molecular weight is 611 g/mol. The molecule has 2 N–H and O–H groups in total. The van der Waals surface area contributed by atoms with Gasteiger partial charge in [-0.05, 0) is 72.8 Å². The Labute approximate surface area is 236 Å². The summed E-state index contributed by atoms with van der Waals surface area (Å²) in [6.45, 7) is 0. The van der Waals surface area contributed by atoms with Gasteiger partial charge < -0.3 is 10.1 Å². The molecule has 0 bridgehead atoms. The van der Waals surface area contributed by atoms with E-state index in [-0.39, 0.29) is 22.2 Å². The lowest BCUT2D eigenvalue weighted by atomic mass is 10.1. The van der Waals surface area contributed by atoms with Crippen molar-refractivity contribution < 1.29 is 19.1 Å². The van der Waals surface area contributed by atoms with Gasteiger partial charge in [-0.3, -0.25) is 9.59 Å². The van der Waals surface area contributed by atoms with Crippen LogP contribution in [0.25, 0.3) is 0 Å². The van der Waals surface area contributed by atoms with Crippen LogP contribution in [0.5, 0.6) is 5.75 Å². The van der Waals surface area contributed by atoms with Gasteiger partial charge in [0.2, 0.25) is 0 Å². The van der Waals surface area contributed by atoms with Gasteiger partial charge >= 0.3 is 5.97 Å². The summed E-state index contributed by atoms with van der Waals surface area (Å²) >= 11 is 15.4. The molecule has 0 radical (unpaired) electrons. The molecule has 0 spiro atoms. The number of anilines is 1. The molecule has 0 saturated carbocycles. The van der Waals surface area contributed by atoms with Gasteiger partial charge in [-0.2, -0.15) is 5.10 Å². The normalized spacial score (nSPS) is 10.7. The Morgan fingerprint density at radius 1 is 0.816 bits per heavy atom. The Hall–Kier alpha value is -3.98. The SMILES string of the molecule is O=C(N/N=C\c1cc(Br)ccc1OC(=O)c1ccc(Cl)cc1Cl)c1ccc(NC(=O)c2ccccc2)cc1. The predicted molar refractivity (Wildman–Crippen MR) is 151 cm³/mol. The Balaban J connectivity index is 1.40. The quantitative estimate of drug-likeness (QED) is 0.102. The highest BCUT2D eigenvalue weighted by molar-refractivity contribution is 9.10. The lowest BCUT2D eigenvalue weighted by molar-refractivity contribution is 0.0734. The fourth-order valence-corrected chi connectivity index (χ4v) is 4.11. The first kappa shape index (κ1) is 27.1. The number of hydrazone groups is 1. The van der Waals surface area contributed by atoms with Gasteiger partial charge in [-0.25, -0.2) is 10.2 Å². The van der Waals surface area contributed by atoms with E-state index < -0.39 is 11.9 Å². The van der Waals surface area contributed by atoms with Crippen LogP contribution in [-0.4, -0.2) is 24.0 Å². The zero-order chi connectivity index (χ0) is 27.1. The molecule has 0 aliphatic heterocycles. The Morgan fingerprint density at radius 2 is 1.53 bits per heavy atom. The van der Waals surface area contributed by atoms with Gasteiger partial charge in [0.05, 0.1) is 16.8 Å². The van der Waals surface area contributed by atoms with Gasteiger partial charge in [0.1, 0.15) is 5.75 Å². The molecule has 4 aromatic carbocycles.